The highest BCUT2D eigenvalue weighted by Gasteiger charge is 2.21. The van der Waals surface area contributed by atoms with Gasteiger partial charge >= 0.3 is 0 Å². The third-order valence-corrected chi connectivity index (χ3v) is 6.94. The van der Waals surface area contributed by atoms with Crippen molar-refractivity contribution >= 4 is 58.9 Å². The lowest BCUT2D eigenvalue weighted by molar-refractivity contribution is 0.285. The second-order valence-corrected chi connectivity index (χ2v) is 9.29. The van der Waals surface area contributed by atoms with Crippen molar-refractivity contribution in [2.75, 3.05) is 4.72 Å². The van der Waals surface area contributed by atoms with Crippen LogP contribution in [0.1, 0.15) is 17.4 Å². The Kier molecular flexibility index (Phi) is 5.48. The summed E-state index contributed by atoms with van der Waals surface area (Å²) in [6, 6.07) is 6.88. The van der Waals surface area contributed by atoms with Gasteiger partial charge in [0.15, 0.2) is 0 Å². The van der Waals surface area contributed by atoms with E-state index in [1.165, 1.54) is 17.4 Å². The molecule has 1 heterocycles. The number of nitrogens with one attached hydrogen (secondary N) is 1. The maximum absolute atomic E-state index is 12.5. The minimum atomic E-state index is -3.69. The van der Waals surface area contributed by atoms with E-state index in [-0.39, 0.29) is 11.5 Å². The lowest BCUT2D eigenvalue weighted by atomic mass is 10.1. The fraction of sp³-hybridized carbons (Fsp3) is 0.231. The summed E-state index contributed by atoms with van der Waals surface area (Å²) >= 11 is 7.81. The number of halogens is 2. The first-order valence-electron chi connectivity index (χ1n) is 6.07. The molecule has 0 atom stereocenters. The van der Waals surface area contributed by atoms with Crippen LogP contribution >= 0.6 is 43.2 Å². The van der Waals surface area contributed by atoms with Gasteiger partial charge in [0.2, 0.25) is 0 Å². The molecule has 2 N–H and O–H groups in total. The van der Waals surface area contributed by atoms with Gasteiger partial charge in [-0.05, 0) is 52.2 Å². The van der Waals surface area contributed by atoms with Crippen molar-refractivity contribution in [1.82, 2.24) is 0 Å². The third-order valence-electron chi connectivity index (χ3n) is 2.84. The van der Waals surface area contributed by atoms with E-state index >= 15 is 0 Å². The van der Waals surface area contributed by atoms with Crippen LogP contribution in [0.5, 0.6) is 0 Å². The second kappa shape index (κ2) is 6.78. The number of rotatable bonds is 5. The number of thiophene rings is 1. The molecule has 0 aliphatic carbocycles. The van der Waals surface area contributed by atoms with Gasteiger partial charge in [-0.1, -0.05) is 22.9 Å². The minimum absolute atomic E-state index is 0.140. The predicted molar refractivity (Wildman–Crippen MR) is 92.3 cm³/mol. The zero-order valence-electron chi connectivity index (χ0n) is 11.1. The van der Waals surface area contributed by atoms with Crippen molar-refractivity contribution in [2.45, 2.75) is 24.8 Å². The Bertz CT molecular complexity index is 757. The molecule has 0 fully saturated rings. The quantitative estimate of drug-likeness (QED) is 0.713. The summed E-state index contributed by atoms with van der Waals surface area (Å²) in [7, 11) is -3.69. The smallest absolute Gasteiger partial charge is 0.263 e. The predicted octanol–water partition coefficient (Wildman–Crippen LogP) is 4.13. The molecule has 8 heteroatoms. The molecular formula is C13H13Br2NO3S2. The van der Waals surface area contributed by atoms with Crippen molar-refractivity contribution in [3.05, 3.63) is 43.0 Å². The zero-order valence-corrected chi connectivity index (χ0v) is 15.9. The molecule has 21 heavy (non-hydrogen) atoms. The number of aliphatic hydroxyl groups is 1. The topological polar surface area (TPSA) is 66.4 Å². The van der Waals surface area contributed by atoms with Crippen LogP contribution in [-0.2, 0) is 23.1 Å². The van der Waals surface area contributed by atoms with Crippen molar-refractivity contribution in [2.24, 2.45) is 0 Å². The van der Waals surface area contributed by atoms with Gasteiger partial charge in [-0.15, -0.1) is 11.3 Å². The maximum Gasteiger partial charge on any atom is 0.263 e. The molecule has 0 amide bonds. The first-order valence-corrected chi connectivity index (χ1v) is 9.96. The SMILES string of the molecule is CCc1cc(Br)ccc1NS(=O)(=O)c1cc(CO)sc1Br. The number of benzene rings is 1. The number of sulfonamides is 1. The molecule has 0 saturated heterocycles. The average Bonchev–Trinajstić information content (AvgIpc) is 2.82. The number of hydrogen-bond donors (Lipinski definition) is 2. The fourth-order valence-electron chi connectivity index (χ4n) is 1.81. The van der Waals surface area contributed by atoms with E-state index < -0.39 is 10.0 Å². The van der Waals surface area contributed by atoms with Crippen molar-refractivity contribution in [3.63, 3.8) is 0 Å². The summed E-state index contributed by atoms with van der Waals surface area (Å²) in [6.07, 6.45) is 0.712. The number of hydrogen-bond acceptors (Lipinski definition) is 4. The molecule has 0 unspecified atom stereocenters. The first-order chi connectivity index (χ1) is 9.87. The normalized spacial score (nSPS) is 11.6. The van der Waals surface area contributed by atoms with Crippen LogP contribution in [0.4, 0.5) is 5.69 Å². The molecule has 0 aliphatic heterocycles. The Morgan fingerprint density at radius 1 is 1.29 bits per heavy atom. The van der Waals surface area contributed by atoms with E-state index in [1.54, 1.807) is 12.1 Å². The van der Waals surface area contributed by atoms with E-state index in [9.17, 15) is 8.42 Å². The van der Waals surface area contributed by atoms with E-state index in [4.69, 9.17) is 5.11 Å². The van der Waals surface area contributed by atoms with E-state index in [0.29, 0.717) is 20.8 Å². The molecule has 0 aliphatic rings. The monoisotopic (exact) mass is 453 g/mol. The molecule has 0 bridgehead atoms. The summed E-state index contributed by atoms with van der Waals surface area (Å²) in [5.41, 5.74) is 1.46. The van der Waals surface area contributed by atoms with Crippen LogP contribution in [0, 0.1) is 0 Å². The lowest BCUT2D eigenvalue weighted by Gasteiger charge is -2.11. The molecule has 0 saturated carbocycles. The molecule has 2 rings (SSSR count). The molecule has 4 nitrogen and oxygen atoms in total. The number of aliphatic hydroxyl groups excluding tert-OH is 1. The highest BCUT2D eigenvalue weighted by Crippen LogP contribution is 2.33. The molecule has 0 radical (unpaired) electrons. The number of anilines is 1. The number of aryl methyl sites for hydroxylation is 1. The van der Waals surface area contributed by atoms with Gasteiger partial charge in [-0.2, -0.15) is 0 Å². The maximum atomic E-state index is 12.5. The average molecular weight is 455 g/mol. The van der Waals surface area contributed by atoms with Crippen LogP contribution < -0.4 is 4.72 Å². The van der Waals surface area contributed by atoms with Crippen molar-refractivity contribution < 1.29 is 13.5 Å². The van der Waals surface area contributed by atoms with Crippen molar-refractivity contribution in [1.29, 1.82) is 0 Å². The zero-order chi connectivity index (χ0) is 15.6. The lowest BCUT2D eigenvalue weighted by Crippen LogP contribution is -2.14. The van der Waals surface area contributed by atoms with Crippen LogP contribution in [0.15, 0.2) is 37.4 Å². The molecule has 2 aromatic rings. The molecule has 1 aromatic heterocycles. The minimum Gasteiger partial charge on any atom is -0.391 e. The summed E-state index contributed by atoms with van der Waals surface area (Å²) in [4.78, 5) is 0.732. The molecular weight excluding hydrogens is 442 g/mol. The molecule has 1 aromatic carbocycles. The standard InChI is InChI=1S/C13H13Br2NO3S2/c1-2-8-5-9(14)3-4-11(8)16-21(18,19)12-6-10(7-17)20-13(12)15/h3-6,16-17H,2,7H2,1H3. The Balaban J connectivity index is 2.39. The largest absolute Gasteiger partial charge is 0.391 e. The summed E-state index contributed by atoms with van der Waals surface area (Å²) < 4.78 is 28.9. The molecule has 0 spiro atoms. The van der Waals surface area contributed by atoms with Crippen LogP contribution in [0.3, 0.4) is 0 Å². The van der Waals surface area contributed by atoms with Gasteiger partial charge in [0, 0.05) is 9.35 Å². The highest BCUT2D eigenvalue weighted by molar-refractivity contribution is 9.11. The Morgan fingerprint density at radius 2 is 2.00 bits per heavy atom. The van der Waals surface area contributed by atoms with Crippen LogP contribution in [-0.4, -0.2) is 13.5 Å². The van der Waals surface area contributed by atoms with Crippen LogP contribution in [0.25, 0.3) is 0 Å². The Labute approximate surface area is 144 Å². The first kappa shape index (κ1) is 17.0. The van der Waals surface area contributed by atoms with Gasteiger partial charge < -0.3 is 5.11 Å². The summed E-state index contributed by atoms with van der Waals surface area (Å²) in [5, 5.41) is 9.11. The van der Waals surface area contributed by atoms with E-state index in [0.717, 1.165) is 10.0 Å². The second-order valence-electron chi connectivity index (χ2n) is 4.27. The fourth-order valence-corrected chi connectivity index (χ4v) is 5.87. The Morgan fingerprint density at radius 3 is 2.57 bits per heavy atom. The van der Waals surface area contributed by atoms with Crippen molar-refractivity contribution in [3.8, 4) is 0 Å². The van der Waals surface area contributed by atoms with Gasteiger partial charge in [-0.25, -0.2) is 8.42 Å². The van der Waals surface area contributed by atoms with Gasteiger partial charge in [0.1, 0.15) is 4.90 Å². The van der Waals surface area contributed by atoms with Gasteiger partial charge in [0.25, 0.3) is 10.0 Å². The summed E-state index contributed by atoms with van der Waals surface area (Å²) in [5.74, 6) is 0. The van der Waals surface area contributed by atoms with Gasteiger partial charge in [-0.3, -0.25) is 4.72 Å². The Hall–Kier alpha value is -0.410. The van der Waals surface area contributed by atoms with E-state index in [2.05, 4.69) is 36.6 Å². The highest BCUT2D eigenvalue weighted by atomic mass is 79.9. The summed E-state index contributed by atoms with van der Waals surface area (Å²) in [6.45, 7) is 1.78. The third kappa shape index (κ3) is 3.87. The van der Waals surface area contributed by atoms with Gasteiger partial charge in [0.05, 0.1) is 16.1 Å². The van der Waals surface area contributed by atoms with Crippen LogP contribution in [0.2, 0.25) is 0 Å². The van der Waals surface area contributed by atoms with E-state index in [1.807, 2.05) is 13.0 Å². The molecule has 114 valence electrons.